The fourth-order valence-corrected chi connectivity index (χ4v) is 2.12. The average Bonchev–Trinajstić information content (AvgIpc) is 2.39. The van der Waals surface area contributed by atoms with Crippen molar-refractivity contribution in [1.82, 2.24) is 0 Å². The van der Waals surface area contributed by atoms with Gasteiger partial charge in [-0.3, -0.25) is 9.69 Å². The maximum atomic E-state index is 12.1. The molecule has 1 heterocycles. The fraction of sp³-hybridized carbons (Fsp3) is 0.133. The summed E-state index contributed by atoms with van der Waals surface area (Å²) in [5.41, 5.74) is 2.79. The third-order valence-electron chi connectivity index (χ3n) is 2.97. The highest BCUT2D eigenvalue weighted by Crippen LogP contribution is 2.37. The van der Waals surface area contributed by atoms with Crippen molar-refractivity contribution in [3.8, 4) is 5.75 Å². The van der Waals surface area contributed by atoms with E-state index in [1.165, 1.54) is 0 Å². The Labute approximate surface area is 106 Å². The van der Waals surface area contributed by atoms with Crippen LogP contribution in [-0.4, -0.2) is 12.5 Å². The van der Waals surface area contributed by atoms with Gasteiger partial charge in [0.05, 0.1) is 5.69 Å². The first-order valence-electron chi connectivity index (χ1n) is 5.87. The Hall–Kier alpha value is -2.29. The van der Waals surface area contributed by atoms with Crippen LogP contribution in [0.25, 0.3) is 0 Å². The predicted molar refractivity (Wildman–Crippen MR) is 70.3 cm³/mol. The van der Waals surface area contributed by atoms with E-state index in [9.17, 15) is 4.79 Å². The van der Waals surface area contributed by atoms with Crippen LogP contribution in [0.5, 0.6) is 5.75 Å². The van der Waals surface area contributed by atoms with Gasteiger partial charge in [-0.25, -0.2) is 0 Å². The molecular formula is C15H13NO2. The van der Waals surface area contributed by atoms with Gasteiger partial charge in [0.25, 0.3) is 5.91 Å². The second kappa shape index (κ2) is 4.18. The van der Waals surface area contributed by atoms with E-state index < -0.39 is 0 Å². The average molecular weight is 239 g/mol. The summed E-state index contributed by atoms with van der Waals surface area (Å²) < 4.78 is 5.45. The molecule has 1 amide bonds. The van der Waals surface area contributed by atoms with E-state index >= 15 is 0 Å². The Kier molecular flexibility index (Phi) is 2.52. The number of aryl methyl sites for hydroxylation is 1. The SMILES string of the molecule is Cc1ccc2c(c1)N(c1ccccc1)C(=O)CO2. The molecule has 2 aromatic carbocycles. The van der Waals surface area contributed by atoms with Crippen LogP contribution in [0.2, 0.25) is 0 Å². The van der Waals surface area contributed by atoms with Gasteiger partial charge in [-0.2, -0.15) is 0 Å². The number of anilines is 2. The molecule has 0 fully saturated rings. The molecule has 3 heteroatoms. The molecule has 0 unspecified atom stereocenters. The van der Waals surface area contributed by atoms with E-state index in [-0.39, 0.29) is 12.5 Å². The molecular weight excluding hydrogens is 226 g/mol. The zero-order valence-corrected chi connectivity index (χ0v) is 10.1. The molecule has 3 nitrogen and oxygen atoms in total. The van der Waals surface area contributed by atoms with Crippen LogP contribution in [0, 0.1) is 6.92 Å². The number of hydrogen-bond acceptors (Lipinski definition) is 2. The smallest absolute Gasteiger partial charge is 0.269 e. The number of nitrogens with zero attached hydrogens (tertiary/aromatic N) is 1. The van der Waals surface area contributed by atoms with Crippen molar-refractivity contribution in [3.63, 3.8) is 0 Å². The summed E-state index contributed by atoms with van der Waals surface area (Å²) in [6.45, 7) is 2.09. The second-order valence-electron chi connectivity index (χ2n) is 4.32. The van der Waals surface area contributed by atoms with E-state index in [4.69, 9.17) is 4.74 Å². The lowest BCUT2D eigenvalue weighted by atomic mass is 10.1. The highest BCUT2D eigenvalue weighted by atomic mass is 16.5. The van der Waals surface area contributed by atoms with Gasteiger partial charge in [0.2, 0.25) is 0 Å². The lowest BCUT2D eigenvalue weighted by Gasteiger charge is -2.29. The minimum Gasteiger partial charge on any atom is -0.482 e. The molecule has 3 rings (SSSR count). The first kappa shape index (κ1) is 10.8. The monoisotopic (exact) mass is 239 g/mol. The summed E-state index contributed by atoms with van der Waals surface area (Å²) in [6.07, 6.45) is 0. The van der Waals surface area contributed by atoms with Crippen LogP contribution in [0.1, 0.15) is 5.56 Å². The molecule has 0 bridgehead atoms. The molecule has 0 spiro atoms. The number of carbonyl (C=O) groups excluding carboxylic acids is 1. The summed E-state index contributed by atoms with van der Waals surface area (Å²) >= 11 is 0. The lowest BCUT2D eigenvalue weighted by molar-refractivity contribution is -0.120. The van der Waals surface area contributed by atoms with Gasteiger partial charge >= 0.3 is 0 Å². The van der Waals surface area contributed by atoms with Crippen molar-refractivity contribution < 1.29 is 9.53 Å². The number of carbonyl (C=O) groups is 1. The molecule has 18 heavy (non-hydrogen) atoms. The van der Waals surface area contributed by atoms with E-state index in [0.29, 0.717) is 0 Å². The molecule has 0 N–H and O–H groups in total. The van der Waals surface area contributed by atoms with Crippen molar-refractivity contribution >= 4 is 17.3 Å². The minimum atomic E-state index is -0.0423. The van der Waals surface area contributed by atoms with Crippen LogP contribution in [-0.2, 0) is 4.79 Å². The summed E-state index contributed by atoms with van der Waals surface area (Å²) in [7, 11) is 0. The molecule has 90 valence electrons. The maximum absolute atomic E-state index is 12.1. The number of para-hydroxylation sites is 1. The number of rotatable bonds is 1. The molecule has 0 radical (unpaired) electrons. The van der Waals surface area contributed by atoms with Crippen LogP contribution in [0.3, 0.4) is 0 Å². The van der Waals surface area contributed by atoms with Crippen molar-refractivity contribution in [3.05, 3.63) is 54.1 Å². The van der Waals surface area contributed by atoms with Gasteiger partial charge in [-0.15, -0.1) is 0 Å². The van der Waals surface area contributed by atoms with Gasteiger partial charge < -0.3 is 4.74 Å². The van der Waals surface area contributed by atoms with Gasteiger partial charge in [0.15, 0.2) is 6.61 Å². The Morgan fingerprint density at radius 2 is 1.89 bits per heavy atom. The van der Waals surface area contributed by atoms with Crippen molar-refractivity contribution in [1.29, 1.82) is 0 Å². The van der Waals surface area contributed by atoms with Crippen molar-refractivity contribution in [2.75, 3.05) is 11.5 Å². The molecule has 2 aromatic rings. The van der Waals surface area contributed by atoms with Crippen LogP contribution in [0.4, 0.5) is 11.4 Å². The van der Waals surface area contributed by atoms with E-state index in [2.05, 4.69) is 0 Å². The normalized spacial score (nSPS) is 14.1. The Bertz CT molecular complexity index is 593. The number of hydrogen-bond donors (Lipinski definition) is 0. The molecule has 0 saturated heterocycles. The molecule has 0 saturated carbocycles. The maximum Gasteiger partial charge on any atom is 0.269 e. The van der Waals surface area contributed by atoms with Crippen molar-refractivity contribution in [2.24, 2.45) is 0 Å². The Morgan fingerprint density at radius 3 is 2.67 bits per heavy atom. The van der Waals surface area contributed by atoms with Gasteiger partial charge in [-0.05, 0) is 36.8 Å². The first-order valence-corrected chi connectivity index (χ1v) is 5.87. The van der Waals surface area contributed by atoms with Crippen LogP contribution in [0.15, 0.2) is 48.5 Å². The van der Waals surface area contributed by atoms with Gasteiger partial charge in [-0.1, -0.05) is 24.3 Å². The van der Waals surface area contributed by atoms with Crippen LogP contribution < -0.4 is 9.64 Å². The standard InChI is InChI=1S/C15H13NO2/c1-11-7-8-14-13(9-11)16(15(17)10-18-14)12-5-3-2-4-6-12/h2-9H,10H2,1H3. The first-order chi connectivity index (χ1) is 8.75. The Balaban J connectivity index is 2.15. The van der Waals surface area contributed by atoms with Gasteiger partial charge in [0, 0.05) is 5.69 Å². The zero-order chi connectivity index (χ0) is 12.5. The number of fused-ring (bicyclic) bond motifs is 1. The summed E-state index contributed by atoms with van der Waals surface area (Å²) in [5.74, 6) is 0.711. The third kappa shape index (κ3) is 1.74. The van der Waals surface area contributed by atoms with Crippen LogP contribution >= 0.6 is 0 Å². The molecule has 0 atom stereocenters. The van der Waals surface area contributed by atoms with E-state index in [0.717, 1.165) is 22.7 Å². The molecule has 1 aliphatic rings. The largest absolute Gasteiger partial charge is 0.482 e. The predicted octanol–water partition coefficient (Wildman–Crippen LogP) is 3.05. The topological polar surface area (TPSA) is 29.5 Å². The highest BCUT2D eigenvalue weighted by Gasteiger charge is 2.26. The number of benzene rings is 2. The van der Waals surface area contributed by atoms with E-state index in [1.807, 2.05) is 55.5 Å². The van der Waals surface area contributed by atoms with E-state index in [1.54, 1.807) is 4.90 Å². The van der Waals surface area contributed by atoms with Gasteiger partial charge in [0.1, 0.15) is 5.75 Å². The molecule has 1 aliphatic heterocycles. The zero-order valence-electron chi connectivity index (χ0n) is 10.1. The molecule has 0 aromatic heterocycles. The highest BCUT2D eigenvalue weighted by molar-refractivity contribution is 6.04. The summed E-state index contributed by atoms with van der Waals surface area (Å²) in [6, 6.07) is 15.5. The second-order valence-corrected chi connectivity index (χ2v) is 4.32. The molecule has 0 aliphatic carbocycles. The fourth-order valence-electron chi connectivity index (χ4n) is 2.12. The Morgan fingerprint density at radius 1 is 1.11 bits per heavy atom. The summed E-state index contributed by atoms with van der Waals surface area (Å²) in [4.78, 5) is 13.8. The number of amides is 1. The minimum absolute atomic E-state index is 0.0423. The number of ether oxygens (including phenoxy) is 1. The third-order valence-corrected chi connectivity index (χ3v) is 2.97. The van der Waals surface area contributed by atoms with Crippen molar-refractivity contribution in [2.45, 2.75) is 6.92 Å². The summed E-state index contributed by atoms with van der Waals surface area (Å²) in [5, 5.41) is 0. The lowest BCUT2D eigenvalue weighted by Crippen LogP contribution is -2.35. The quantitative estimate of drug-likeness (QED) is 0.765.